The van der Waals surface area contributed by atoms with Crippen molar-refractivity contribution in [2.24, 2.45) is 0 Å². The molecule has 0 aromatic heterocycles. The fraction of sp³-hybridized carbons (Fsp3) is 0.188. The zero-order chi connectivity index (χ0) is 19.5. The summed E-state index contributed by atoms with van der Waals surface area (Å²) in [5.74, 6) is 0. The number of hydrogen-bond donors (Lipinski definition) is 2. The highest BCUT2D eigenvalue weighted by molar-refractivity contribution is 7.91. The second-order valence-electron chi connectivity index (χ2n) is 5.34. The molecule has 10 heteroatoms. The summed E-state index contributed by atoms with van der Waals surface area (Å²) in [5.41, 5.74) is 0.308. The molecule has 0 spiro atoms. The molecule has 0 saturated heterocycles. The van der Waals surface area contributed by atoms with Crippen molar-refractivity contribution < 1.29 is 18.1 Å². The monoisotopic (exact) mass is 397 g/mol. The molecule has 8 nitrogen and oxygen atoms in total. The molecular formula is C16H16ClN3O5S. The number of nitrogens with zero attached hydrogens (tertiary/aromatic N) is 1. The van der Waals surface area contributed by atoms with Gasteiger partial charge in [-0.25, -0.2) is 13.2 Å². The molecule has 26 heavy (non-hydrogen) atoms. The van der Waals surface area contributed by atoms with E-state index in [0.29, 0.717) is 12.2 Å². The summed E-state index contributed by atoms with van der Waals surface area (Å²) >= 11 is 6.00. The van der Waals surface area contributed by atoms with Crippen LogP contribution in [-0.2, 0) is 9.84 Å². The average Bonchev–Trinajstić information content (AvgIpc) is 2.54. The summed E-state index contributed by atoms with van der Waals surface area (Å²) in [6, 6.07) is 7.30. The van der Waals surface area contributed by atoms with Gasteiger partial charge in [0, 0.05) is 24.4 Å². The van der Waals surface area contributed by atoms with Gasteiger partial charge < -0.3 is 10.6 Å². The van der Waals surface area contributed by atoms with Crippen LogP contribution in [0.15, 0.2) is 46.2 Å². The predicted octanol–water partition coefficient (Wildman–Crippen LogP) is 3.53. The Bertz CT molecular complexity index is 935. The van der Waals surface area contributed by atoms with Crippen LogP contribution in [0.1, 0.15) is 12.5 Å². The maximum Gasteiger partial charge on any atom is 0.319 e. The molecule has 2 rings (SSSR count). The van der Waals surface area contributed by atoms with Crippen LogP contribution in [0.5, 0.6) is 0 Å². The van der Waals surface area contributed by atoms with Crippen molar-refractivity contribution in [2.75, 3.05) is 11.9 Å². The molecule has 0 aliphatic heterocycles. The quantitative estimate of drug-likeness (QED) is 0.590. The summed E-state index contributed by atoms with van der Waals surface area (Å²) in [6.45, 7) is 3.67. The van der Waals surface area contributed by atoms with Crippen molar-refractivity contribution in [1.29, 1.82) is 0 Å². The van der Waals surface area contributed by atoms with Gasteiger partial charge in [0.25, 0.3) is 5.69 Å². The molecule has 0 radical (unpaired) electrons. The van der Waals surface area contributed by atoms with Crippen molar-refractivity contribution >= 4 is 38.8 Å². The molecular weight excluding hydrogens is 382 g/mol. The van der Waals surface area contributed by atoms with E-state index in [1.807, 2.05) is 0 Å². The Balaban J connectivity index is 2.39. The molecule has 2 N–H and O–H groups in total. The molecule has 0 heterocycles. The van der Waals surface area contributed by atoms with E-state index in [-0.39, 0.29) is 26.1 Å². The van der Waals surface area contributed by atoms with E-state index >= 15 is 0 Å². The third-order valence-electron chi connectivity index (χ3n) is 3.45. The van der Waals surface area contributed by atoms with E-state index in [1.54, 1.807) is 6.92 Å². The summed E-state index contributed by atoms with van der Waals surface area (Å²) in [5, 5.41) is 15.8. The van der Waals surface area contributed by atoms with Crippen LogP contribution in [0.4, 0.5) is 16.2 Å². The maximum absolute atomic E-state index is 12.8. The van der Waals surface area contributed by atoms with Gasteiger partial charge in [0.05, 0.1) is 19.7 Å². The number of non-ortho nitro benzene ring substituents is 1. The van der Waals surface area contributed by atoms with E-state index in [2.05, 4.69) is 10.6 Å². The first-order chi connectivity index (χ1) is 12.2. The lowest BCUT2D eigenvalue weighted by Crippen LogP contribution is -2.28. The van der Waals surface area contributed by atoms with Crippen LogP contribution in [-0.4, -0.2) is 25.9 Å². The van der Waals surface area contributed by atoms with Gasteiger partial charge >= 0.3 is 6.03 Å². The summed E-state index contributed by atoms with van der Waals surface area (Å²) in [4.78, 5) is 21.5. The highest BCUT2D eigenvalue weighted by atomic mass is 35.5. The second kappa shape index (κ2) is 7.71. The molecule has 2 aromatic rings. The number of rotatable bonds is 5. The van der Waals surface area contributed by atoms with E-state index in [0.717, 1.165) is 12.1 Å². The smallest absolute Gasteiger partial charge is 0.319 e. The normalized spacial score (nSPS) is 11.0. The second-order valence-corrected chi connectivity index (χ2v) is 7.64. The fourth-order valence-electron chi connectivity index (χ4n) is 2.33. The van der Waals surface area contributed by atoms with Gasteiger partial charge in [-0.1, -0.05) is 11.6 Å². The maximum atomic E-state index is 12.8. The Morgan fingerprint density at radius 2 is 1.85 bits per heavy atom. The number of halogens is 1. The average molecular weight is 398 g/mol. The minimum atomic E-state index is -3.98. The number of anilines is 1. The van der Waals surface area contributed by atoms with Crippen molar-refractivity contribution in [1.82, 2.24) is 5.32 Å². The molecule has 0 fully saturated rings. The first kappa shape index (κ1) is 19.7. The molecule has 2 aromatic carbocycles. The van der Waals surface area contributed by atoms with Crippen LogP contribution in [0, 0.1) is 17.0 Å². The first-order valence-corrected chi connectivity index (χ1v) is 9.37. The Morgan fingerprint density at radius 3 is 2.35 bits per heavy atom. The number of amides is 2. The predicted molar refractivity (Wildman–Crippen MR) is 97.4 cm³/mol. The summed E-state index contributed by atoms with van der Waals surface area (Å²) < 4.78 is 25.7. The molecule has 0 aliphatic rings. The summed E-state index contributed by atoms with van der Waals surface area (Å²) in [6.07, 6.45) is 0. The van der Waals surface area contributed by atoms with Crippen molar-refractivity contribution in [2.45, 2.75) is 23.6 Å². The third kappa shape index (κ3) is 4.12. The van der Waals surface area contributed by atoms with Gasteiger partial charge in [0.15, 0.2) is 0 Å². The zero-order valence-electron chi connectivity index (χ0n) is 13.9. The van der Waals surface area contributed by atoms with Gasteiger partial charge in [-0.2, -0.15) is 0 Å². The van der Waals surface area contributed by atoms with Gasteiger partial charge in [-0.3, -0.25) is 10.1 Å². The molecule has 138 valence electrons. The van der Waals surface area contributed by atoms with E-state index in [9.17, 15) is 23.3 Å². The Morgan fingerprint density at radius 1 is 1.23 bits per heavy atom. The van der Waals surface area contributed by atoms with Gasteiger partial charge in [0.1, 0.15) is 0 Å². The number of benzene rings is 2. The van der Waals surface area contributed by atoms with Crippen LogP contribution in [0.25, 0.3) is 0 Å². The lowest BCUT2D eigenvalue weighted by atomic mass is 10.2. The zero-order valence-corrected chi connectivity index (χ0v) is 15.5. The molecule has 2 amide bonds. The number of carbonyl (C=O) groups is 1. The number of sulfone groups is 1. The van der Waals surface area contributed by atoms with Crippen LogP contribution in [0.3, 0.4) is 0 Å². The van der Waals surface area contributed by atoms with Gasteiger partial charge in [0.2, 0.25) is 9.84 Å². The number of urea groups is 1. The number of hydrogen-bond acceptors (Lipinski definition) is 5. The Hall–Kier alpha value is -2.65. The fourth-order valence-corrected chi connectivity index (χ4v) is 4.42. The number of nitro benzene ring substituents is 1. The van der Waals surface area contributed by atoms with Crippen LogP contribution >= 0.6 is 11.6 Å². The Labute approximate surface area is 155 Å². The molecule has 0 atom stereocenters. The van der Waals surface area contributed by atoms with Crippen LogP contribution in [0.2, 0.25) is 5.02 Å². The van der Waals surface area contributed by atoms with Crippen molar-refractivity contribution in [3.63, 3.8) is 0 Å². The lowest BCUT2D eigenvalue weighted by Gasteiger charge is -2.11. The third-order valence-corrected chi connectivity index (χ3v) is 5.84. The molecule has 0 unspecified atom stereocenters. The first-order valence-electron chi connectivity index (χ1n) is 7.51. The van der Waals surface area contributed by atoms with Crippen molar-refractivity contribution in [3.8, 4) is 0 Å². The summed E-state index contributed by atoms with van der Waals surface area (Å²) in [7, 11) is -3.98. The number of nitrogens with one attached hydrogen (secondary N) is 2. The SMILES string of the molecule is CCNC(=O)Nc1ccc(S(=O)(=O)c2c(C)cc([N+](=O)[O-])cc2Cl)cc1. The number of nitro groups is 1. The molecule has 0 bridgehead atoms. The highest BCUT2D eigenvalue weighted by Gasteiger charge is 2.25. The highest BCUT2D eigenvalue weighted by Crippen LogP contribution is 2.34. The van der Waals surface area contributed by atoms with Gasteiger partial charge in [-0.15, -0.1) is 0 Å². The Kier molecular flexibility index (Phi) is 5.83. The number of aryl methyl sites for hydroxylation is 1. The topological polar surface area (TPSA) is 118 Å². The molecule has 0 aliphatic carbocycles. The van der Waals surface area contributed by atoms with Crippen LogP contribution < -0.4 is 10.6 Å². The van der Waals surface area contributed by atoms with E-state index < -0.39 is 20.8 Å². The number of carbonyl (C=O) groups excluding carboxylic acids is 1. The standard InChI is InChI=1S/C16H16ClN3O5S/c1-3-18-16(21)19-11-4-6-13(7-5-11)26(24,25)15-10(2)8-12(20(22)23)9-14(15)17/h4-9H,3H2,1-2H3,(H2,18,19,21). The lowest BCUT2D eigenvalue weighted by molar-refractivity contribution is -0.384. The van der Waals surface area contributed by atoms with Gasteiger partial charge in [-0.05, 0) is 43.7 Å². The van der Waals surface area contributed by atoms with E-state index in [1.165, 1.54) is 31.2 Å². The van der Waals surface area contributed by atoms with Crippen molar-refractivity contribution in [3.05, 3.63) is 57.1 Å². The molecule has 0 saturated carbocycles. The minimum Gasteiger partial charge on any atom is -0.338 e. The minimum absolute atomic E-state index is 0.0437. The largest absolute Gasteiger partial charge is 0.338 e. The van der Waals surface area contributed by atoms with E-state index in [4.69, 9.17) is 11.6 Å².